The van der Waals surface area contributed by atoms with Crippen molar-refractivity contribution in [2.45, 2.75) is 25.6 Å². The zero-order valence-electron chi connectivity index (χ0n) is 14.8. The number of carbonyl (C=O) groups is 1. The van der Waals surface area contributed by atoms with E-state index < -0.39 is 0 Å². The third-order valence-electron chi connectivity index (χ3n) is 4.88. The van der Waals surface area contributed by atoms with Gasteiger partial charge in [0.1, 0.15) is 18.1 Å². The molecule has 6 heteroatoms. The Balaban J connectivity index is 1.58. The summed E-state index contributed by atoms with van der Waals surface area (Å²) >= 11 is 0. The number of fused-ring (bicyclic) bond motifs is 1. The highest BCUT2D eigenvalue weighted by Gasteiger charge is 2.30. The summed E-state index contributed by atoms with van der Waals surface area (Å²) in [6.07, 6.45) is 6.39. The summed E-state index contributed by atoms with van der Waals surface area (Å²) in [6, 6.07) is 13.5. The summed E-state index contributed by atoms with van der Waals surface area (Å²) in [5, 5.41) is 0. The summed E-state index contributed by atoms with van der Waals surface area (Å²) in [7, 11) is 1.89. The van der Waals surface area contributed by atoms with Gasteiger partial charge in [-0.25, -0.2) is 4.98 Å². The van der Waals surface area contributed by atoms with Gasteiger partial charge in [0, 0.05) is 26.0 Å². The van der Waals surface area contributed by atoms with Gasteiger partial charge in [-0.2, -0.15) is 0 Å². The van der Waals surface area contributed by atoms with Crippen LogP contribution in [-0.4, -0.2) is 37.6 Å². The molecule has 2 aromatic heterocycles. The summed E-state index contributed by atoms with van der Waals surface area (Å²) in [5.41, 5.74) is 1.73. The van der Waals surface area contributed by atoms with E-state index in [0.29, 0.717) is 18.8 Å². The number of hydrogen-bond donors (Lipinski definition) is 0. The second-order valence-electron chi connectivity index (χ2n) is 6.58. The van der Waals surface area contributed by atoms with Crippen LogP contribution in [0.1, 0.15) is 22.6 Å². The van der Waals surface area contributed by atoms with Crippen molar-refractivity contribution in [3.63, 3.8) is 0 Å². The zero-order valence-corrected chi connectivity index (χ0v) is 14.8. The van der Waals surface area contributed by atoms with Crippen LogP contribution in [-0.2, 0) is 20.1 Å². The molecule has 0 N–H and O–H groups in total. The average molecular weight is 350 g/mol. The number of imidazole rings is 1. The van der Waals surface area contributed by atoms with Crippen molar-refractivity contribution in [3.05, 3.63) is 72.6 Å². The smallest absolute Gasteiger partial charge is 0.271 e. The quantitative estimate of drug-likeness (QED) is 0.727. The van der Waals surface area contributed by atoms with Gasteiger partial charge in [0.25, 0.3) is 5.91 Å². The van der Waals surface area contributed by atoms with Crippen molar-refractivity contribution >= 4 is 5.91 Å². The van der Waals surface area contributed by atoms with Crippen LogP contribution in [0.5, 0.6) is 5.75 Å². The Bertz CT molecular complexity index is 884. The molecular weight excluding hydrogens is 328 g/mol. The number of benzene rings is 1. The molecule has 0 unspecified atom stereocenters. The van der Waals surface area contributed by atoms with Gasteiger partial charge in [0.15, 0.2) is 0 Å². The van der Waals surface area contributed by atoms with E-state index in [4.69, 9.17) is 4.74 Å². The van der Waals surface area contributed by atoms with E-state index in [2.05, 4.69) is 9.55 Å². The fourth-order valence-corrected chi connectivity index (χ4v) is 3.38. The Morgan fingerprint density at radius 2 is 2.08 bits per heavy atom. The van der Waals surface area contributed by atoms with Crippen molar-refractivity contribution < 1.29 is 9.53 Å². The van der Waals surface area contributed by atoms with Gasteiger partial charge in [-0.3, -0.25) is 4.79 Å². The van der Waals surface area contributed by atoms with E-state index in [1.54, 1.807) is 0 Å². The van der Waals surface area contributed by atoms with Gasteiger partial charge >= 0.3 is 0 Å². The molecule has 134 valence electrons. The van der Waals surface area contributed by atoms with E-state index in [-0.39, 0.29) is 11.9 Å². The number of ether oxygens (including phenoxy) is 1. The first-order chi connectivity index (χ1) is 12.7. The fourth-order valence-electron chi connectivity index (χ4n) is 3.38. The minimum Gasteiger partial charge on any atom is -0.491 e. The highest BCUT2D eigenvalue weighted by Crippen LogP contribution is 2.21. The topological polar surface area (TPSA) is 52.3 Å². The summed E-state index contributed by atoms with van der Waals surface area (Å²) in [5.74, 6) is 0.845. The molecule has 0 radical (unpaired) electrons. The van der Waals surface area contributed by atoms with Gasteiger partial charge in [-0.15, -0.1) is 0 Å². The highest BCUT2D eigenvalue weighted by molar-refractivity contribution is 5.93. The molecule has 0 fully saturated rings. The third-order valence-corrected chi connectivity index (χ3v) is 4.88. The van der Waals surface area contributed by atoms with Gasteiger partial charge in [0.2, 0.25) is 0 Å². The summed E-state index contributed by atoms with van der Waals surface area (Å²) < 4.78 is 9.96. The maximum atomic E-state index is 13.2. The lowest BCUT2D eigenvalue weighted by molar-refractivity contribution is 0.0579. The van der Waals surface area contributed by atoms with Crippen LogP contribution in [0.25, 0.3) is 0 Å². The first kappa shape index (κ1) is 16.4. The second-order valence-corrected chi connectivity index (χ2v) is 6.58. The van der Waals surface area contributed by atoms with Crippen LogP contribution < -0.4 is 4.74 Å². The number of nitrogens with zero attached hydrogens (tertiary/aromatic N) is 4. The molecule has 6 nitrogen and oxygen atoms in total. The van der Waals surface area contributed by atoms with Crippen LogP contribution in [0.15, 0.2) is 61.2 Å². The Kier molecular flexibility index (Phi) is 4.48. The zero-order chi connectivity index (χ0) is 17.9. The third kappa shape index (κ3) is 3.22. The van der Waals surface area contributed by atoms with E-state index in [9.17, 15) is 4.79 Å². The molecule has 3 aromatic rings. The van der Waals surface area contributed by atoms with Crippen LogP contribution in [0.2, 0.25) is 0 Å². The van der Waals surface area contributed by atoms with E-state index in [1.165, 1.54) is 0 Å². The normalized spacial score (nSPS) is 16.8. The number of para-hydroxylation sites is 1. The molecule has 1 aliphatic heterocycles. The predicted molar refractivity (Wildman–Crippen MR) is 97.9 cm³/mol. The lowest BCUT2D eigenvalue weighted by atomic mass is 10.1. The number of amides is 1. The molecule has 26 heavy (non-hydrogen) atoms. The highest BCUT2D eigenvalue weighted by atomic mass is 16.5. The predicted octanol–water partition coefficient (Wildman–Crippen LogP) is 2.72. The molecule has 4 rings (SSSR count). The van der Waals surface area contributed by atoms with Gasteiger partial charge in [0.05, 0.1) is 24.6 Å². The maximum Gasteiger partial charge on any atom is 0.271 e. The van der Waals surface area contributed by atoms with E-state index >= 15 is 0 Å². The Hall–Kier alpha value is -3.02. The van der Waals surface area contributed by atoms with Gasteiger partial charge in [-0.05, 0) is 30.7 Å². The van der Waals surface area contributed by atoms with Crippen LogP contribution >= 0.6 is 0 Å². The van der Waals surface area contributed by atoms with E-state index in [1.807, 2.05) is 77.7 Å². The average Bonchev–Trinajstić information content (AvgIpc) is 3.25. The molecule has 0 spiro atoms. The van der Waals surface area contributed by atoms with Gasteiger partial charge < -0.3 is 18.8 Å². The molecule has 1 atom stereocenters. The number of hydrogen-bond acceptors (Lipinski definition) is 3. The monoisotopic (exact) mass is 350 g/mol. The van der Waals surface area contributed by atoms with Crippen LogP contribution in [0.4, 0.5) is 0 Å². The number of rotatable bonds is 4. The van der Waals surface area contributed by atoms with Crippen LogP contribution in [0.3, 0.4) is 0 Å². The first-order valence-corrected chi connectivity index (χ1v) is 8.81. The molecule has 0 bridgehead atoms. The molecule has 1 aliphatic rings. The SMILES string of the molecule is Cn1cccc1C(=O)N1Cc2cncn2CC[C@H]1COc1ccccc1. The number of carbonyl (C=O) groups excluding carboxylic acids is 1. The fraction of sp³-hybridized carbons (Fsp3) is 0.300. The first-order valence-electron chi connectivity index (χ1n) is 8.81. The minimum absolute atomic E-state index is 0.00231. The van der Waals surface area contributed by atoms with Crippen molar-refractivity contribution in [2.24, 2.45) is 7.05 Å². The van der Waals surface area contributed by atoms with Crippen LogP contribution in [0, 0.1) is 0 Å². The molecule has 1 amide bonds. The number of aromatic nitrogens is 3. The van der Waals surface area contributed by atoms with E-state index in [0.717, 1.165) is 24.4 Å². The lowest BCUT2D eigenvalue weighted by Gasteiger charge is -2.29. The summed E-state index contributed by atoms with van der Waals surface area (Å²) in [6.45, 7) is 1.83. The Labute approximate surface area is 152 Å². The standard InChI is InChI=1S/C20H22N4O2/c1-22-10-5-8-19(22)20(25)24-13-17-12-21-15-23(17)11-9-16(24)14-26-18-6-3-2-4-7-18/h2-8,10,12,15-16H,9,11,13-14H2,1H3/t16-/m0/s1. The molecule has 3 heterocycles. The Morgan fingerprint density at radius 3 is 2.85 bits per heavy atom. The van der Waals surface area contributed by atoms with Crippen molar-refractivity contribution in [1.82, 2.24) is 19.0 Å². The lowest BCUT2D eigenvalue weighted by Crippen LogP contribution is -2.43. The molecular formula is C20H22N4O2. The molecule has 1 aromatic carbocycles. The van der Waals surface area contributed by atoms with Crippen molar-refractivity contribution in [3.8, 4) is 5.75 Å². The number of aryl methyl sites for hydroxylation is 2. The largest absolute Gasteiger partial charge is 0.491 e. The maximum absolute atomic E-state index is 13.2. The summed E-state index contributed by atoms with van der Waals surface area (Å²) in [4.78, 5) is 19.3. The van der Waals surface area contributed by atoms with Crippen molar-refractivity contribution in [1.29, 1.82) is 0 Å². The molecule has 0 aliphatic carbocycles. The Morgan fingerprint density at radius 1 is 1.23 bits per heavy atom. The second kappa shape index (κ2) is 7.07. The minimum atomic E-state index is -0.00231. The molecule has 0 saturated heterocycles. The van der Waals surface area contributed by atoms with Crippen molar-refractivity contribution in [2.75, 3.05) is 6.61 Å². The van der Waals surface area contributed by atoms with Gasteiger partial charge in [-0.1, -0.05) is 18.2 Å². The molecule has 0 saturated carbocycles.